The summed E-state index contributed by atoms with van der Waals surface area (Å²) in [5, 5.41) is 6.41. The van der Waals surface area contributed by atoms with Gasteiger partial charge in [-0.1, -0.05) is 12.1 Å². The highest BCUT2D eigenvalue weighted by molar-refractivity contribution is 14.0. The molecule has 9 heteroatoms. The van der Waals surface area contributed by atoms with Crippen LogP contribution in [0.4, 0.5) is 0 Å². The lowest BCUT2D eigenvalue weighted by Crippen LogP contribution is -2.38. The number of rotatable bonds is 8. The monoisotopic (exact) mass is 513 g/mol. The topological polar surface area (TPSA) is 113 Å². The molecule has 4 N–H and O–H groups in total. The lowest BCUT2D eigenvalue weighted by molar-refractivity contribution is 0.0827. The standard InChI is InChI=1S/C20H27N5O3.HI/c1-4-22-20(24-13-16-8-9-17(28-16)18(21)26)23-11-10-14-6-5-7-15(12-14)19(27)25(2)3;/h5-9,12H,4,10-11,13H2,1-3H3,(H2,21,26)(H2,22,23,24);1H. The van der Waals surface area contributed by atoms with Crippen LogP contribution in [0.5, 0.6) is 0 Å². The maximum atomic E-state index is 12.1. The number of hydrogen-bond acceptors (Lipinski definition) is 4. The summed E-state index contributed by atoms with van der Waals surface area (Å²) in [6.07, 6.45) is 0.742. The molecule has 0 saturated heterocycles. The van der Waals surface area contributed by atoms with Crippen molar-refractivity contribution < 1.29 is 14.0 Å². The molecule has 158 valence electrons. The first-order valence-electron chi connectivity index (χ1n) is 9.12. The van der Waals surface area contributed by atoms with E-state index in [0.29, 0.717) is 30.4 Å². The van der Waals surface area contributed by atoms with Crippen LogP contribution in [-0.2, 0) is 13.0 Å². The summed E-state index contributed by atoms with van der Waals surface area (Å²) in [6, 6.07) is 10.8. The molecule has 0 aliphatic heterocycles. The van der Waals surface area contributed by atoms with E-state index in [1.807, 2.05) is 31.2 Å². The number of hydrogen-bond donors (Lipinski definition) is 3. The molecule has 0 radical (unpaired) electrons. The van der Waals surface area contributed by atoms with E-state index in [1.54, 1.807) is 25.1 Å². The van der Waals surface area contributed by atoms with Crippen LogP contribution in [0.15, 0.2) is 45.8 Å². The molecule has 1 heterocycles. The Bertz CT molecular complexity index is 848. The highest BCUT2D eigenvalue weighted by Gasteiger charge is 2.09. The number of furan rings is 1. The summed E-state index contributed by atoms with van der Waals surface area (Å²) >= 11 is 0. The Balaban J connectivity index is 0.00000420. The second-order valence-electron chi connectivity index (χ2n) is 6.40. The van der Waals surface area contributed by atoms with Gasteiger partial charge in [0.1, 0.15) is 12.3 Å². The first-order valence-corrected chi connectivity index (χ1v) is 9.12. The van der Waals surface area contributed by atoms with Gasteiger partial charge in [-0.25, -0.2) is 4.99 Å². The maximum Gasteiger partial charge on any atom is 0.284 e. The molecular formula is C20H28IN5O3. The average molecular weight is 513 g/mol. The zero-order chi connectivity index (χ0) is 20.5. The van der Waals surface area contributed by atoms with Crippen LogP contribution < -0.4 is 16.4 Å². The van der Waals surface area contributed by atoms with Crippen molar-refractivity contribution in [3.8, 4) is 0 Å². The van der Waals surface area contributed by atoms with Crippen molar-refractivity contribution in [3.63, 3.8) is 0 Å². The summed E-state index contributed by atoms with van der Waals surface area (Å²) in [6.45, 7) is 3.63. The number of halogens is 1. The van der Waals surface area contributed by atoms with Crippen molar-refractivity contribution in [2.45, 2.75) is 19.9 Å². The lowest BCUT2D eigenvalue weighted by Gasteiger charge is -2.13. The SMILES string of the molecule is CCNC(=NCc1ccc(C(N)=O)o1)NCCc1cccc(C(=O)N(C)C)c1.I. The van der Waals surface area contributed by atoms with Crippen molar-refractivity contribution in [3.05, 3.63) is 59.0 Å². The minimum atomic E-state index is -0.602. The largest absolute Gasteiger partial charge is 0.454 e. The third kappa shape index (κ3) is 7.76. The predicted octanol–water partition coefficient (Wildman–Crippen LogP) is 2.00. The van der Waals surface area contributed by atoms with E-state index in [9.17, 15) is 9.59 Å². The highest BCUT2D eigenvalue weighted by Crippen LogP contribution is 2.09. The Kier molecular flexibility index (Phi) is 10.2. The Morgan fingerprint density at radius 3 is 2.55 bits per heavy atom. The van der Waals surface area contributed by atoms with E-state index in [1.165, 1.54) is 6.07 Å². The summed E-state index contributed by atoms with van der Waals surface area (Å²) < 4.78 is 5.33. The van der Waals surface area contributed by atoms with E-state index in [2.05, 4.69) is 15.6 Å². The molecule has 29 heavy (non-hydrogen) atoms. The van der Waals surface area contributed by atoms with Gasteiger partial charge in [0.2, 0.25) is 0 Å². The van der Waals surface area contributed by atoms with Crippen LogP contribution in [0.3, 0.4) is 0 Å². The van der Waals surface area contributed by atoms with Gasteiger partial charge in [-0.2, -0.15) is 0 Å². The molecule has 0 bridgehead atoms. The minimum Gasteiger partial charge on any atom is -0.454 e. The number of nitrogens with two attached hydrogens (primary N) is 1. The molecule has 1 aromatic heterocycles. The molecule has 0 atom stereocenters. The Morgan fingerprint density at radius 2 is 1.93 bits per heavy atom. The van der Waals surface area contributed by atoms with E-state index in [0.717, 1.165) is 12.0 Å². The summed E-state index contributed by atoms with van der Waals surface area (Å²) in [4.78, 5) is 29.2. The van der Waals surface area contributed by atoms with E-state index in [-0.39, 0.29) is 42.2 Å². The first-order chi connectivity index (χ1) is 13.4. The van der Waals surface area contributed by atoms with E-state index < -0.39 is 5.91 Å². The van der Waals surface area contributed by atoms with Crippen molar-refractivity contribution in [1.82, 2.24) is 15.5 Å². The van der Waals surface area contributed by atoms with Crippen molar-refractivity contribution in [2.24, 2.45) is 10.7 Å². The summed E-state index contributed by atoms with van der Waals surface area (Å²) in [5.74, 6) is 0.699. The van der Waals surface area contributed by atoms with E-state index >= 15 is 0 Å². The third-order valence-corrected chi connectivity index (χ3v) is 3.93. The second-order valence-corrected chi connectivity index (χ2v) is 6.40. The van der Waals surface area contributed by atoms with Gasteiger partial charge in [0.05, 0.1) is 0 Å². The fourth-order valence-corrected chi connectivity index (χ4v) is 2.54. The number of carbonyl (C=O) groups excluding carboxylic acids is 2. The lowest BCUT2D eigenvalue weighted by atomic mass is 10.1. The van der Waals surface area contributed by atoms with Gasteiger partial charge in [-0.3, -0.25) is 9.59 Å². The molecule has 0 spiro atoms. The molecule has 2 amide bonds. The maximum absolute atomic E-state index is 12.1. The third-order valence-electron chi connectivity index (χ3n) is 3.93. The number of nitrogens with zero attached hydrogens (tertiary/aromatic N) is 2. The molecule has 1 aromatic carbocycles. The van der Waals surface area contributed by atoms with Gasteiger partial charge in [0.25, 0.3) is 11.8 Å². The minimum absolute atomic E-state index is 0. The molecule has 8 nitrogen and oxygen atoms in total. The van der Waals surface area contributed by atoms with Gasteiger partial charge in [0, 0.05) is 32.7 Å². The zero-order valence-electron chi connectivity index (χ0n) is 16.9. The van der Waals surface area contributed by atoms with Gasteiger partial charge in [-0.05, 0) is 43.2 Å². The fraction of sp³-hybridized carbons (Fsp3) is 0.350. The van der Waals surface area contributed by atoms with Crippen LogP contribution in [0.1, 0.15) is 39.2 Å². The van der Waals surface area contributed by atoms with Crippen LogP contribution in [-0.4, -0.2) is 49.9 Å². The molecule has 0 saturated carbocycles. The summed E-state index contributed by atoms with van der Waals surface area (Å²) in [7, 11) is 3.47. The number of amides is 2. The van der Waals surface area contributed by atoms with Gasteiger partial charge in [-0.15, -0.1) is 24.0 Å². The zero-order valence-corrected chi connectivity index (χ0v) is 19.2. The fourth-order valence-electron chi connectivity index (χ4n) is 2.54. The van der Waals surface area contributed by atoms with Crippen LogP contribution in [0, 0.1) is 0 Å². The Morgan fingerprint density at radius 1 is 1.17 bits per heavy atom. The van der Waals surface area contributed by atoms with Crippen LogP contribution in [0.25, 0.3) is 0 Å². The molecule has 2 aromatic rings. The second kappa shape index (κ2) is 12.1. The van der Waals surface area contributed by atoms with Crippen molar-refractivity contribution in [2.75, 3.05) is 27.2 Å². The molecule has 0 aliphatic rings. The molecule has 2 rings (SSSR count). The predicted molar refractivity (Wildman–Crippen MR) is 124 cm³/mol. The number of carbonyl (C=O) groups is 2. The number of benzene rings is 1. The average Bonchev–Trinajstić information content (AvgIpc) is 3.15. The molecule has 0 fully saturated rings. The van der Waals surface area contributed by atoms with Gasteiger partial charge >= 0.3 is 0 Å². The first kappa shape index (κ1) is 24.5. The van der Waals surface area contributed by atoms with Gasteiger partial charge < -0.3 is 25.7 Å². The normalized spacial score (nSPS) is 10.8. The Hall–Kier alpha value is -2.56. The highest BCUT2D eigenvalue weighted by atomic mass is 127. The molecular weight excluding hydrogens is 485 g/mol. The number of aliphatic imine (C=N–C) groups is 1. The number of guanidine groups is 1. The van der Waals surface area contributed by atoms with E-state index in [4.69, 9.17) is 10.2 Å². The van der Waals surface area contributed by atoms with Crippen molar-refractivity contribution >= 4 is 41.8 Å². The molecule has 0 unspecified atom stereocenters. The van der Waals surface area contributed by atoms with Crippen molar-refractivity contribution in [1.29, 1.82) is 0 Å². The van der Waals surface area contributed by atoms with Gasteiger partial charge in [0.15, 0.2) is 11.7 Å². The Labute approximate surface area is 187 Å². The smallest absolute Gasteiger partial charge is 0.284 e. The number of primary amides is 1. The summed E-state index contributed by atoms with van der Waals surface area (Å²) in [5.41, 5.74) is 6.92. The quantitative estimate of drug-likeness (QED) is 0.284. The van der Waals surface area contributed by atoms with Crippen LogP contribution in [0.2, 0.25) is 0 Å². The molecule has 0 aliphatic carbocycles. The van der Waals surface area contributed by atoms with Crippen LogP contribution >= 0.6 is 24.0 Å². The number of nitrogens with one attached hydrogen (secondary N) is 2.